The quantitative estimate of drug-likeness (QED) is 0.576. The Labute approximate surface area is 121 Å². The first-order chi connectivity index (χ1) is 9.93. The molecular formula is C16H15NO4. The number of fused-ring (bicyclic) bond motifs is 1. The van der Waals surface area contributed by atoms with Crippen LogP contribution < -0.4 is 0 Å². The summed E-state index contributed by atoms with van der Waals surface area (Å²) in [6, 6.07) is 6.93. The summed E-state index contributed by atoms with van der Waals surface area (Å²) in [6.07, 6.45) is 0.346. The van der Waals surface area contributed by atoms with Crippen molar-refractivity contribution in [2.24, 2.45) is 0 Å². The smallest absolute Gasteiger partial charge is 0.261 e. The number of hydrogen-bond donors (Lipinski definition) is 0. The van der Waals surface area contributed by atoms with E-state index in [1.54, 1.807) is 31.2 Å². The second kappa shape index (κ2) is 4.62. The van der Waals surface area contributed by atoms with Gasteiger partial charge in [-0.05, 0) is 25.0 Å². The first kappa shape index (κ1) is 13.7. The van der Waals surface area contributed by atoms with E-state index in [-0.39, 0.29) is 43.2 Å². The highest BCUT2D eigenvalue weighted by atomic mass is 16.2. The van der Waals surface area contributed by atoms with E-state index in [0.717, 1.165) is 4.90 Å². The number of Topliss-reactive ketones (excluding diaryl/α,β-unsaturated/α-hetero) is 2. The Morgan fingerprint density at radius 1 is 1.05 bits per heavy atom. The number of amides is 2. The molecule has 0 N–H and O–H groups in total. The van der Waals surface area contributed by atoms with Gasteiger partial charge in [0.05, 0.1) is 12.8 Å². The Balaban J connectivity index is 2.03. The summed E-state index contributed by atoms with van der Waals surface area (Å²) in [5, 5.41) is 0. The fourth-order valence-electron chi connectivity index (χ4n) is 3.07. The zero-order chi connectivity index (χ0) is 15.2. The summed E-state index contributed by atoms with van der Waals surface area (Å²) in [7, 11) is 0. The van der Waals surface area contributed by atoms with E-state index < -0.39 is 11.4 Å². The molecule has 0 spiro atoms. The molecule has 1 heterocycles. The maximum Gasteiger partial charge on any atom is 0.261 e. The van der Waals surface area contributed by atoms with E-state index in [1.165, 1.54) is 0 Å². The largest absolute Gasteiger partial charge is 0.299 e. The highest BCUT2D eigenvalue weighted by molar-refractivity contribution is 6.15. The summed E-state index contributed by atoms with van der Waals surface area (Å²) in [5.41, 5.74) is -0.0509. The summed E-state index contributed by atoms with van der Waals surface area (Å²) in [6.45, 7) is 1.59. The van der Waals surface area contributed by atoms with Crippen LogP contribution in [-0.4, -0.2) is 33.8 Å². The summed E-state index contributed by atoms with van der Waals surface area (Å²) < 4.78 is 0. The summed E-state index contributed by atoms with van der Waals surface area (Å²) >= 11 is 0. The molecule has 0 saturated heterocycles. The molecule has 21 heavy (non-hydrogen) atoms. The molecule has 1 aromatic rings. The van der Waals surface area contributed by atoms with Crippen molar-refractivity contribution in [2.75, 3.05) is 0 Å². The van der Waals surface area contributed by atoms with Gasteiger partial charge in [0.15, 0.2) is 5.78 Å². The van der Waals surface area contributed by atoms with Crippen molar-refractivity contribution >= 4 is 23.4 Å². The average molecular weight is 285 g/mol. The molecule has 0 bridgehead atoms. The molecule has 0 unspecified atom stereocenters. The number of carbonyl (C=O) groups is 4. The highest BCUT2D eigenvalue weighted by Crippen LogP contribution is 2.33. The van der Waals surface area contributed by atoms with Gasteiger partial charge in [-0.3, -0.25) is 24.1 Å². The van der Waals surface area contributed by atoms with Crippen molar-refractivity contribution in [1.82, 2.24) is 4.90 Å². The van der Waals surface area contributed by atoms with Crippen molar-refractivity contribution < 1.29 is 19.2 Å². The fourth-order valence-corrected chi connectivity index (χ4v) is 3.07. The number of imide groups is 1. The van der Waals surface area contributed by atoms with Crippen LogP contribution in [0.25, 0.3) is 0 Å². The van der Waals surface area contributed by atoms with Crippen molar-refractivity contribution in [2.45, 2.75) is 38.1 Å². The van der Waals surface area contributed by atoms with E-state index in [9.17, 15) is 19.2 Å². The molecule has 3 rings (SSSR count). The van der Waals surface area contributed by atoms with Crippen molar-refractivity contribution in [3.8, 4) is 0 Å². The zero-order valence-corrected chi connectivity index (χ0v) is 11.7. The van der Waals surface area contributed by atoms with Gasteiger partial charge in [-0.2, -0.15) is 0 Å². The van der Waals surface area contributed by atoms with Crippen molar-refractivity contribution in [3.63, 3.8) is 0 Å². The number of benzene rings is 1. The van der Waals surface area contributed by atoms with Crippen LogP contribution in [0.15, 0.2) is 24.3 Å². The molecule has 1 saturated carbocycles. The SMILES string of the molecule is C[C@@]1(N2C(=O)Cc3ccccc3C2=O)CCC(=O)CC1=O. The zero-order valence-electron chi connectivity index (χ0n) is 11.7. The van der Waals surface area contributed by atoms with Gasteiger partial charge in [0.2, 0.25) is 5.91 Å². The molecule has 2 aliphatic rings. The lowest BCUT2D eigenvalue weighted by atomic mass is 9.78. The third-order valence-electron chi connectivity index (χ3n) is 4.38. The molecular weight excluding hydrogens is 270 g/mol. The van der Waals surface area contributed by atoms with E-state index in [1.807, 2.05) is 0 Å². The topological polar surface area (TPSA) is 71.5 Å². The first-order valence-corrected chi connectivity index (χ1v) is 6.94. The Bertz CT molecular complexity index is 679. The lowest BCUT2D eigenvalue weighted by Gasteiger charge is -2.42. The molecule has 1 aliphatic heterocycles. The van der Waals surface area contributed by atoms with Gasteiger partial charge in [0.25, 0.3) is 5.91 Å². The molecule has 1 aliphatic carbocycles. The fraction of sp³-hybridized carbons (Fsp3) is 0.375. The van der Waals surface area contributed by atoms with Crippen LogP contribution in [-0.2, 0) is 20.8 Å². The Kier molecular flexibility index (Phi) is 3.01. The minimum absolute atomic E-state index is 0.110. The van der Waals surface area contributed by atoms with Gasteiger partial charge in [-0.1, -0.05) is 18.2 Å². The molecule has 1 atom stereocenters. The highest BCUT2D eigenvalue weighted by Gasteiger charge is 2.49. The van der Waals surface area contributed by atoms with Crippen LogP contribution in [0.1, 0.15) is 42.1 Å². The minimum Gasteiger partial charge on any atom is -0.299 e. The first-order valence-electron chi connectivity index (χ1n) is 6.94. The molecule has 1 fully saturated rings. The Morgan fingerprint density at radius 3 is 2.48 bits per heavy atom. The number of nitrogens with zero attached hydrogens (tertiary/aromatic N) is 1. The number of ketones is 2. The van der Waals surface area contributed by atoms with Gasteiger partial charge in [-0.25, -0.2) is 0 Å². The van der Waals surface area contributed by atoms with Crippen LogP contribution in [0.5, 0.6) is 0 Å². The van der Waals surface area contributed by atoms with Crippen LogP contribution in [0.4, 0.5) is 0 Å². The maximum atomic E-state index is 12.6. The van der Waals surface area contributed by atoms with E-state index in [0.29, 0.717) is 11.1 Å². The molecule has 5 heteroatoms. The van der Waals surface area contributed by atoms with Crippen molar-refractivity contribution in [1.29, 1.82) is 0 Å². The minimum atomic E-state index is -1.20. The van der Waals surface area contributed by atoms with Crippen LogP contribution in [0.2, 0.25) is 0 Å². The molecule has 0 aromatic heterocycles. The average Bonchev–Trinajstić information content (AvgIpc) is 2.44. The Hall–Kier alpha value is -2.30. The Morgan fingerprint density at radius 2 is 1.76 bits per heavy atom. The number of carbonyl (C=O) groups excluding carboxylic acids is 4. The molecule has 0 radical (unpaired) electrons. The van der Waals surface area contributed by atoms with E-state index in [2.05, 4.69) is 0 Å². The second-order valence-electron chi connectivity index (χ2n) is 5.78. The normalized spacial score (nSPS) is 26.0. The van der Waals surface area contributed by atoms with Crippen molar-refractivity contribution in [3.05, 3.63) is 35.4 Å². The molecule has 5 nitrogen and oxygen atoms in total. The molecule has 108 valence electrons. The van der Waals surface area contributed by atoms with Gasteiger partial charge >= 0.3 is 0 Å². The monoisotopic (exact) mass is 285 g/mol. The molecule has 1 aromatic carbocycles. The van der Waals surface area contributed by atoms with Crippen LogP contribution in [0.3, 0.4) is 0 Å². The maximum absolute atomic E-state index is 12.6. The third-order valence-corrected chi connectivity index (χ3v) is 4.38. The second-order valence-corrected chi connectivity index (χ2v) is 5.78. The summed E-state index contributed by atoms with van der Waals surface area (Å²) in [4.78, 5) is 49.7. The lowest BCUT2D eigenvalue weighted by molar-refractivity contribution is -0.147. The number of rotatable bonds is 1. The van der Waals surface area contributed by atoms with E-state index in [4.69, 9.17) is 0 Å². The predicted octanol–water partition coefficient (Wildman–Crippen LogP) is 1.29. The standard InChI is InChI=1S/C16H15NO4/c1-16(7-6-11(18)9-13(16)19)17-14(20)8-10-4-2-3-5-12(10)15(17)21/h2-5H,6-9H2,1H3/t16-/m1/s1. The number of hydrogen-bond acceptors (Lipinski definition) is 4. The van der Waals surface area contributed by atoms with Crippen LogP contribution in [0, 0.1) is 0 Å². The van der Waals surface area contributed by atoms with Gasteiger partial charge in [-0.15, -0.1) is 0 Å². The lowest BCUT2D eigenvalue weighted by Crippen LogP contribution is -2.61. The van der Waals surface area contributed by atoms with E-state index >= 15 is 0 Å². The van der Waals surface area contributed by atoms with Gasteiger partial charge < -0.3 is 0 Å². The van der Waals surface area contributed by atoms with Gasteiger partial charge in [0.1, 0.15) is 11.3 Å². The molecule has 2 amide bonds. The predicted molar refractivity (Wildman–Crippen MR) is 73.6 cm³/mol. The van der Waals surface area contributed by atoms with Gasteiger partial charge in [0, 0.05) is 12.0 Å². The third kappa shape index (κ3) is 2.00. The van der Waals surface area contributed by atoms with Crippen LogP contribution >= 0.6 is 0 Å². The summed E-state index contributed by atoms with van der Waals surface area (Å²) in [5.74, 6) is -1.29.